The second-order valence-electron chi connectivity index (χ2n) is 2.18. The number of nitrogens with zero attached hydrogens (tertiary/aromatic N) is 2. The number of hydrogen-bond acceptors (Lipinski definition) is 4. The van der Waals surface area contributed by atoms with Crippen LogP contribution < -0.4 is 4.74 Å². The summed E-state index contributed by atoms with van der Waals surface area (Å²) < 4.78 is 4.99. The molecular weight excluding hydrogens is 180 g/mol. The molecule has 0 atom stereocenters. The molecular formula is C7H7ClN2O2. The number of carbonyl (C=O) groups excluding carboxylic acids is 1. The van der Waals surface area contributed by atoms with E-state index in [1.807, 2.05) is 0 Å². The standard InChI is InChI=1S/C7H7ClN2O2/c1-5(11)4-12-6-2-9-7(8)10-3-6/h2-3H,4H2,1H3. The van der Waals surface area contributed by atoms with E-state index in [9.17, 15) is 4.79 Å². The van der Waals surface area contributed by atoms with Crippen LogP contribution in [-0.4, -0.2) is 22.4 Å². The normalized spacial score (nSPS) is 9.50. The summed E-state index contributed by atoms with van der Waals surface area (Å²) in [5, 5.41) is 0.158. The Hall–Kier alpha value is -1.16. The Labute approximate surface area is 74.5 Å². The average Bonchev–Trinajstić information content (AvgIpc) is 2.03. The molecule has 0 saturated carbocycles. The third kappa shape index (κ3) is 2.84. The molecule has 0 aliphatic carbocycles. The second kappa shape index (κ2) is 4.01. The zero-order valence-corrected chi connectivity index (χ0v) is 7.21. The lowest BCUT2D eigenvalue weighted by molar-refractivity contribution is -0.118. The third-order valence-corrected chi connectivity index (χ3v) is 1.23. The van der Waals surface area contributed by atoms with E-state index in [4.69, 9.17) is 16.3 Å². The second-order valence-corrected chi connectivity index (χ2v) is 2.52. The molecule has 64 valence electrons. The van der Waals surface area contributed by atoms with Crippen molar-refractivity contribution in [3.63, 3.8) is 0 Å². The van der Waals surface area contributed by atoms with Gasteiger partial charge in [-0.2, -0.15) is 0 Å². The minimum Gasteiger partial charge on any atom is -0.483 e. The number of rotatable bonds is 3. The van der Waals surface area contributed by atoms with Gasteiger partial charge in [0.05, 0.1) is 12.4 Å². The molecule has 0 fully saturated rings. The fourth-order valence-electron chi connectivity index (χ4n) is 0.560. The van der Waals surface area contributed by atoms with Crippen molar-refractivity contribution in [2.24, 2.45) is 0 Å². The Morgan fingerprint density at radius 3 is 2.67 bits per heavy atom. The molecule has 0 N–H and O–H groups in total. The van der Waals surface area contributed by atoms with Gasteiger partial charge in [0.2, 0.25) is 5.28 Å². The van der Waals surface area contributed by atoms with Gasteiger partial charge in [-0.1, -0.05) is 0 Å². The van der Waals surface area contributed by atoms with E-state index < -0.39 is 0 Å². The van der Waals surface area contributed by atoms with Crippen molar-refractivity contribution in [1.82, 2.24) is 9.97 Å². The van der Waals surface area contributed by atoms with Crippen LogP contribution in [0.5, 0.6) is 5.75 Å². The molecule has 1 rings (SSSR count). The van der Waals surface area contributed by atoms with Crippen molar-refractivity contribution in [3.8, 4) is 5.75 Å². The van der Waals surface area contributed by atoms with E-state index >= 15 is 0 Å². The predicted molar refractivity (Wildman–Crippen MR) is 43.2 cm³/mol. The molecule has 1 aromatic rings. The van der Waals surface area contributed by atoms with Gasteiger partial charge in [0.25, 0.3) is 0 Å². The molecule has 12 heavy (non-hydrogen) atoms. The monoisotopic (exact) mass is 186 g/mol. The molecule has 0 spiro atoms. The zero-order valence-electron chi connectivity index (χ0n) is 6.45. The van der Waals surface area contributed by atoms with Crippen molar-refractivity contribution in [2.75, 3.05) is 6.61 Å². The first-order chi connectivity index (χ1) is 5.68. The summed E-state index contributed by atoms with van der Waals surface area (Å²) in [5.74, 6) is 0.388. The van der Waals surface area contributed by atoms with E-state index in [2.05, 4.69) is 9.97 Å². The lowest BCUT2D eigenvalue weighted by Gasteiger charge is -2.00. The first-order valence-electron chi connectivity index (χ1n) is 3.28. The molecule has 0 radical (unpaired) electrons. The molecule has 4 nitrogen and oxygen atoms in total. The van der Waals surface area contributed by atoms with Crippen molar-refractivity contribution < 1.29 is 9.53 Å². The highest BCUT2D eigenvalue weighted by Crippen LogP contribution is 2.07. The van der Waals surface area contributed by atoms with Gasteiger partial charge in [-0.25, -0.2) is 9.97 Å². The molecule has 1 aromatic heterocycles. The van der Waals surface area contributed by atoms with Crippen molar-refractivity contribution in [3.05, 3.63) is 17.7 Å². The Bertz CT molecular complexity index is 273. The van der Waals surface area contributed by atoms with Crippen LogP contribution >= 0.6 is 11.6 Å². The highest BCUT2D eigenvalue weighted by atomic mass is 35.5. The predicted octanol–water partition coefficient (Wildman–Crippen LogP) is 1.10. The van der Waals surface area contributed by atoms with E-state index in [-0.39, 0.29) is 17.7 Å². The smallest absolute Gasteiger partial charge is 0.222 e. The highest BCUT2D eigenvalue weighted by Gasteiger charge is 1.97. The third-order valence-electron chi connectivity index (χ3n) is 1.04. The van der Waals surface area contributed by atoms with Crippen molar-refractivity contribution in [1.29, 1.82) is 0 Å². The first kappa shape index (κ1) is 8.93. The quantitative estimate of drug-likeness (QED) is 0.664. The van der Waals surface area contributed by atoms with Crippen molar-refractivity contribution in [2.45, 2.75) is 6.92 Å². The first-order valence-corrected chi connectivity index (χ1v) is 3.66. The molecule has 0 aliphatic heterocycles. The van der Waals surface area contributed by atoms with Crippen LogP contribution in [0.3, 0.4) is 0 Å². The summed E-state index contributed by atoms with van der Waals surface area (Å²) >= 11 is 5.43. The number of hydrogen-bond donors (Lipinski definition) is 0. The lowest BCUT2D eigenvalue weighted by Crippen LogP contribution is -2.06. The minimum absolute atomic E-state index is 0.0327. The van der Waals surface area contributed by atoms with Crippen LogP contribution in [0.2, 0.25) is 5.28 Å². The van der Waals surface area contributed by atoms with Crippen LogP contribution in [0, 0.1) is 0 Å². The van der Waals surface area contributed by atoms with E-state index in [0.717, 1.165) is 0 Å². The van der Waals surface area contributed by atoms with Gasteiger partial charge in [0, 0.05) is 0 Å². The van der Waals surface area contributed by atoms with E-state index in [1.54, 1.807) is 0 Å². The molecule has 0 amide bonds. The van der Waals surface area contributed by atoms with Gasteiger partial charge in [-0.05, 0) is 18.5 Å². The Morgan fingerprint density at radius 2 is 2.17 bits per heavy atom. The van der Waals surface area contributed by atoms with Gasteiger partial charge in [-0.15, -0.1) is 0 Å². The van der Waals surface area contributed by atoms with Crippen molar-refractivity contribution >= 4 is 17.4 Å². The average molecular weight is 187 g/mol. The summed E-state index contributed by atoms with van der Waals surface area (Å²) in [7, 11) is 0. The highest BCUT2D eigenvalue weighted by molar-refractivity contribution is 6.28. The number of Topliss-reactive ketones (excluding diaryl/α,β-unsaturated/α-hetero) is 1. The summed E-state index contributed by atoms with van der Waals surface area (Å²) in [6, 6.07) is 0. The minimum atomic E-state index is -0.0510. The maximum Gasteiger partial charge on any atom is 0.222 e. The lowest BCUT2D eigenvalue weighted by atomic mass is 10.5. The maximum absolute atomic E-state index is 10.5. The van der Waals surface area contributed by atoms with Gasteiger partial charge in [-0.3, -0.25) is 4.79 Å². The zero-order chi connectivity index (χ0) is 8.97. The molecule has 0 saturated heterocycles. The summed E-state index contributed by atoms with van der Waals surface area (Å²) in [5.41, 5.74) is 0. The summed E-state index contributed by atoms with van der Waals surface area (Å²) in [4.78, 5) is 17.8. The molecule has 0 unspecified atom stereocenters. The topological polar surface area (TPSA) is 52.1 Å². The molecule has 0 aromatic carbocycles. The number of aromatic nitrogens is 2. The van der Waals surface area contributed by atoms with Gasteiger partial charge < -0.3 is 4.74 Å². The SMILES string of the molecule is CC(=O)COc1cnc(Cl)nc1. The molecule has 0 aliphatic rings. The summed E-state index contributed by atoms with van der Waals surface area (Å²) in [6.07, 6.45) is 2.83. The number of ketones is 1. The molecule has 0 bridgehead atoms. The largest absolute Gasteiger partial charge is 0.483 e. The van der Waals surface area contributed by atoms with Crippen LogP contribution in [0.25, 0.3) is 0 Å². The fraction of sp³-hybridized carbons (Fsp3) is 0.286. The van der Waals surface area contributed by atoms with Gasteiger partial charge >= 0.3 is 0 Å². The molecule has 5 heteroatoms. The fourth-order valence-corrected chi connectivity index (χ4v) is 0.658. The number of ether oxygens (including phenoxy) is 1. The number of halogens is 1. The van der Waals surface area contributed by atoms with E-state index in [1.165, 1.54) is 19.3 Å². The maximum atomic E-state index is 10.5. The van der Waals surface area contributed by atoms with Crippen LogP contribution in [0.1, 0.15) is 6.92 Å². The van der Waals surface area contributed by atoms with Crippen LogP contribution in [-0.2, 0) is 4.79 Å². The Balaban J connectivity index is 2.53. The van der Waals surface area contributed by atoms with Gasteiger partial charge in [0.1, 0.15) is 6.61 Å². The van der Waals surface area contributed by atoms with E-state index in [0.29, 0.717) is 5.75 Å². The Kier molecular flexibility index (Phi) is 2.99. The summed E-state index contributed by atoms with van der Waals surface area (Å²) in [6.45, 7) is 1.47. The molecule has 1 heterocycles. The Morgan fingerprint density at radius 1 is 1.58 bits per heavy atom. The van der Waals surface area contributed by atoms with Crippen LogP contribution in [0.15, 0.2) is 12.4 Å². The number of carbonyl (C=O) groups is 1. The van der Waals surface area contributed by atoms with Crippen LogP contribution in [0.4, 0.5) is 0 Å². The van der Waals surface area contributed by atoms with Gasteiger partial charge in [0.15, 0.2) is 11.5 Å².